The molecule has 98 valence electrons. The molecule has 0 atom stereocenters. The Labute approximate surface area is 112 Å². The molecule has 0 spiro atoms. The summed E-state index contributed by atoms with van der Waals surface area (Å²) in [5.41, 5.74) is 2.68. The van der Waals surface area contributed by atoms with E-state index >= 15 is 0 Å². The summed E-state index contributed by atoms with van der Waals surface area (Å²) in [5, 5.41) is 12.1. The molecule has 0 aliphatic heterocycles. The first kappa shape index (κ1) is 13.1. The lowest BCUT2D eigenvalue weighted by Crippen LogP contribution is -2.23. The van der Waals surface area contributed by atoms with Crippen molar-refractivity contribution >= 4 is 5.91 Å². The number of pyridine rings is 1. The second kappa shape index (κ2) is 6.00. The summed E-state index contributed by atoms with van der Waals surface area (Å²) in [5.74, 6) is -0.254. The Bertz CT molecular complexity index is 582. The third-order valence-electron chi connectivity index (χ3n) is 2.92. The fourth-order valence-electron chi connectivity index (χ4n) is 1.90. The zero-order chi connectivity index (χ0) is 13.7. The Hall–Kier alpha value is -2.36. The highest BCUT2D eigenvalue weighted by atomic mass is 16.3. The number of benzene rings is 1. The van der Waals surface area contributed by atoms with E-state index in [4.69, 9.17) is 0 Å². The molecular formula is C15H16N2O2. The maximum Gasteiger partial charge on any atom is 0.253 e. The zero-order valence-electron chi connectivity index (χ0n) is 10.8. The molecule has 2 aromatic rings. The normalized spacial score (nSPS) is 10.2. The van der Waals surface area contributed by atoms with Crippen LogP contribution in [-0.2, 0) is 13.0 Å². The van der Waals surface area contributed by atoms with Gasteiger partial charge in [0, 0.05) is 12.7 Å². The van der Waals surface area contributed by atoms with Gasteiger partial charge >= 0.3 is 0 Å². The minimum atomic E-state index is -0.241. The second-order valence-corrected chi connectivity index (χ2v) is 4.24. The number of amides is 1. The Kier molecular flexibility index (Phi) is 4.13. The molecule has 4 nitrogen and oxygen atoms in total. The number of nitrogens with one attached hydrogen (secondary N) is 1. The van der Waals surface area contributed by atoms with Crippen molar-refractivity contribution in [2.75, 3.05) is 0 Å². The Balaban J connectivity index is 2.04. The van der Waals surface area contributed by atoms with Gasteiger partial charge in [-0.25, -0.2) is 0 Å². The number of rotatable bonds is 4. The summed E-state index contributed by atoms with van der Waals surface area (Å²) < 4.78 is 0. The van der Waals surface area contributed by atoms with E-state index < -0.39 is 0 Å². The molecule has 2 N–H and O–H groups in total. The van der Waals surface area contributed by atoms with E-state index in [0.29, 0.717) is 12.1 Å². The summed E-state index contributed by atoms with van der Waals surface area (Å²) in [7, 11) is 0. The first-order valence-corrected chi connectivity index (χ1v) is 6.19. The van der Waals surface area contributed by atoms with Crippen molar-refractivity contribution < 1.29 is 9.90 Å². The van der Waals surface area contributed by atoms with Crippen LogP contribution in [0.3, 0.4) is 0 Å². The number of carbonyl (C=O) groups is 1. The van der Waals surface area contributed by atoms with E-state index in [1.54, 1.807) is 0 Å². The predicted octanol–water partition coefficient (Wildman–Crippen LogP) is 2.28. The van der Waals surface area contributed by atoms with E-state index in [0.717, 1.165) is 12.0 Å². The summed E-state index contributed by atoms with van der Waals surface area (Å²) >= 11 is 0. The van der Waals surface area contributed by atoms with Crippen molar-refractivity contribution in [3.05, 3.63) is 59.4 Å². The Morgan fingerprint density at radius 3 is 2.68 bits per heavy atom. The lowest BCUT2D eigenvalue weighted by Gasteiger charge is -2.09. The highest BCUT2D eigenvalue weighted by Crippen LogP contribution is 2.11. The van der Waals surface area contributed by atoms with Gasteiger partial charge in [0.1, 0.15) is 5.75 Å². The maximum atomic E-state index is 11.9. The molecule has 4 heteroatoms. The zero-order valence-corrected chi connectivity index (χ0v) is 10.8. The third-order valence-corrected chi connectivity index (χ3v) is 2.92. The summed E-state index contributed by atoms with van der Waals surface area (Å²) in [6.45, 7) is 2.55. The van der Waals surface area contributed by atoms with E-state index in [1.807, 2.05) is 18.2 Å². The maximum absolute atomic E-state index is 11.9. The fraction of sp³-hybridized carbons (Fsp3) is 0.200. The SMILES string of the molecule is CCc1ccccc1CNC(=O)c1cncc(O)c1. The van der Waals surface area contributed by atoms with Crippen LogP contribution in [0.1, 0.15) is 28.4 Å². The van der Waals surface area contributed by atoms with Gasteiger partial charge in [0.05, 0.1) is 11.8 Å². The van der Waals surface area contributed by atoms with Crippen LogP contribution >= 0.6 is 0 Å². The summed E-state index contributed by atoms with van der Waals surface area (Å²) in [6, 6.07) is 9.39. The van der Waals surface area contributed by atoms with Crippen LogP contribution in [-0.4, -0.2) is 16.0 Å². The number of hydrogen-bond acceptors (Lipinski definition) is 3. The smallest absolute Gasteiger partial charge is 0.253 e. The lowest BCUT2D eigenvalue weighted by molar-refractivity contribution is 0.0950. The lowest BCUT2D eigenvalue weighted by atomic mass is 10.1. The molecule has 0 aliphatic rings. The van der Waals surface area contributed by atoms with Crippen molar-refractivity contribution in [2.45, 2.75) is 19.9 Å². The molecule has 1 heterocycles. The van der Waals surface area contributed by atoms with Crippen LogP contribution in [0.4, 0.5) is 0 Å². The summed E-state index contributed by atoms with van der Waals surface area (Å²) in [6.07, 6.45) is 3.66. The van der Waals surface area contributed by atoms with Gasteiger partial charge in [0.25, 0.3) is 5.91 Å². The molecule has 0 aliphatic carbocycles. The van der Waals surface area contributed by atoms with Crippen LogP contribution in [0.15, 0.2) is 42.7 Å². The van der Waals surface area contributed by atoms with Crippen LogP contribution in [0.5, 0.6) is 5.75 Å². The number of nitrogens with zero attached hydrogens (tertiary/aromatic N) is 1. The van der Waals surface area contributed by atoms with Crippen LogP contribution < -0.4 is 5.32 Å². The van der Waals surface area contributed by atoms with Crippen molar-refractivity contribution in [1.29, 1.82) is 0 Å². The molecule has 0 unspecified atom stereocenters. The number of aromatic nitrogens is 1. The van der Waals surface area contributed by atoms with E-state index in [2.05, 4.69) is 23.3 Å². The minimum Gasteiger partial charge on any atom is -0.506 e. The van der Waals surface area contributed by atoms with Crippen molar-refractivity contribution in [3.8, 4) is 5.75 Å². The predicted molar refractivity (Wildman–Crippen MR) is 72.9 cm³/mol. The minimum absolute atomic E-state index is 0.0124. The number of hydrogen-bond donors (Lipinski definition) is 2. The van der Waals surface area contributed by atoms with E-state index in [9.17, 15) is 9.90 Å². The molecule has 19 heavy (non-hydrogen) atoms. The van der Waals surface area contributed by atoms with Gasteiger partial charge in [0.2, 0.25) is 0 Å². The second-order valence-electron chi connectivity index (χ2n) is 4.24. The molecule has 0 saturated heterocycles. The van der Waals surface area contributed by atoms with Gasteiger partial charge in [-0.1, -0.05) is 31.2 Å². The molecule has 0 bridgehead atoms. The van der Waals surface area contributed by atoms with E-state index in [1.165, 1.54) is 24.0 Å². The van der Waals surface area contributed by atoms with E-state index in [-0.39, 0.29) is 11.7 Å². The van der Waals surface area contributed by atoms with Gasteiger partial charge in [-0.15, -0.1) is 0 Å². The van der Waals surface area contributed by atoms with Gasteiger partial charge in [0.15, 0.2) is 0 Å². The molecule has 0 fully saturated rings. The number of carbonyl (C=O) groups excluding carboxylic acids is 1. The topological polar surface area (TPSA) is 62.2 Å². The molecule has 1 aromatic carbocycles. The van der Waals surface area contributed by atoms with Gasteiger partial charge < -0.3 is 10.4 Å². The summed E-state index contributed by atoms with van der Waals surface area (Å²) in [4.78, 5) is 15.7. The first-order valence-electron chi connectivity index (χ1n) is 6.19. The molecule has 0 saturated carbocycles. The molecule has 1 amide bonds. The highest BCUT2D eigenvalue weighted by molar-refractivity contribution is 5.94. The monoisotopic (exact) mass is 256 g/mol. The molecule has 1 aromatic heterocycles. The molecular weight excluding hydrogens is 240 g/mol. The van der Waals surface area contributed by atoms with Crippen LogP contribution in [0, 0.1) is 0 Å². The largest absolute Gasteiger partial charge is 0.506 e. The number of aryl methyl sites for hydroxylation is 1. The number of aromatic hydroxyl groups is 1. The highest BCUT2D eigenvalue weighted by Gasteiger charge is 2.07. The Morgan fingerprint density at radius 2 is 2.00 bits per heavy atom. The fourth-order valence-corrected chi connectivity index (χ4v) is 1.90. The van der Waals surface area contributed by atoms with Gasteiger partial charge in [-0.3, -0.25) is 9.78 Å². The van der Waals surface area contributed by atoms with Crippen LogP contribution in [0.25, 0.3) is 0 Å². The first-order chi connectivity index (χ1) is 9.20. The Morgan fingerprint density at radius 1 is 1.26 bits per heavy atom. The molecule has 2 rings (SSSR count). The van der Waals surface area contributed by atoms with Crippen molar-refractivity contribution in [3.63, 3.8) is 0 Å². The average Bonchev–Trinajstić information content (AvgIpc) is 2.45. The molecule has 0 radical (unpaired) electrons. The third kappa shape index (κ3) is 3.31. The van der Waals surface area contributed by atoms with Crippen molar-refractivity contribution in [1.82, 2.24) is 10.3 Å². The standard InChI is InChI=1S/C15H16N2O2/c1-2-11-5-3-4-6-12(11)9-17-15(19)13-7-14(18)10-16-8-13/h3-8,10,18H,2,9H2,1H3,(H,17,19). The van der Waals surface area contributed by atoms with Crippen LogP contribution in [0.2, 0.25) is 0 Å². The quantitative estimate of drug-likeness (QED) is 0.882. The van der Waals surface area contributed by atoms with Gasteiger partial charge in [-0.05, 0) is 23.6 Å². The van der Waals surface area contributed by atoms with Gasteiger partial charge in [-0.2, -0.15) is 0 Å². The van der Waals surface area contributed by atoms with Crippen molar-refractivity contribution in [2.24, 2.45) is 0 Å². The average molecular weight is 256 g/mol.